The first kappa shape index (κ1) is 19.5. The van der Waals surface area contributed by atoms with Gasteiger partial charge in [0.05, 0.1) is 5.92 Å². The second-order valence-corrected chi connectivity index (χ2v) is 6.32. The van der Waals surface area contributed by atoms with Gasteiger partial charge in [0.2, 0.25) is 11.8 Å². The van der Waals surface area contributed by atoms with Crippen LogP contribution in [0.15, 0.2) is 0 Å². The topological polar surface area (TPSA) is 86.7 Å². The fraction of sp³-hybridized carbons (Fsp3) is 0.824. The van der Waals surface area contributed by atoms with E-state index in [-0.39, 0.29) is 17.7 Å². The van der Waals surface area contributed by atoms with Crippen LogP contribution in [0.3, 0.4) is 0 Å². The van der Waals surface area contributed by atoms with Crippen molar-refractivity contribution in [3.63, 3.8) is 0 Å². The van der Waals surface area contributed by atoms with Crippen LogP contribution in [0.25, 0.3) is 0 Å². The molecule has 0 bridgehead atoms. The first-order valence-corrected chi connectivity index (χ1v) is 8.80. The number of carboxylic acid groups (broad SMARTS) is 1. The van der Waals surface area contributed by atoms with Crippen molar-refractivity contribution in [3.8, 4) is 0 Å². The van der Waals surface area contributed by atoms with Gasteiger partial charge < -0.3 is 15.3 Å². The van der Waals surface area contributed by atoms with Crippen LogP contribution >= 0.6 is 0 Å². The van der Waals surface area contributed by atoms with Crippen molar-refractivity contribution in [1.82, 2.24) is 10.2 Å². The summed E-state index contributed by atoms with van der Waals surface area (Å²) < 4.78 is 0. The molecule has 1 fully saturated rings. The van der Waals surface area contributed by atoms with Crippen LogP contribution in [0.4, 0.5) is 0 Å². The molecule has 2 atom stereocenters. The number of carbonyl (C=O) groups is 3. The molecule has 2 N–H and O–H groups in total. The average molecular weight is 326 g/mol. The number of nitrogens with zero attached hydrogens (tertiary/aromatic N) is 1. The van der Waals surface area contributed by atoms with E-state index in [0.29, 0.717) is 32.4 Å². The Morgan fingerprint density at radius 3 is 2.57 bits per heavy atom. The van der Waals surface area contributed by atoms with Gasteiger partial charge in [0.1, 0.15) is 6.04 Å². The number of aliphatic carboxylic acids is 1. The van der Waals surface area contributed by atoms with E-state index in [1.54, 1.807) is 4.90 Å². The Kier molecular flexibility index (Phi) is 8.66. The molecular weight excluding hydrogens is 296 g/mol. The molecule has 1 aliphatic heterocycles. The first-order valence-electron chi connectivity index (χ1n) is 8.80. The predicted molar refractivity (Wildman–Crippen MR) is 87.9 cm³/mol. The van der Waals surface area contributed by atoms with E-state index in [2.05, 4.69) is 12.2 Å². The number of piperidine rings is 1. The highest BCUT2D eigenvalue weighted by molar-refractivity contribution is 5.86. The van der Waals surface area contributed by atoms with Crippen LogP contribution in [0.1, 0.15) is 65.2 Å². The van der Waals surface area contributed by atoms with E-state index in [4.69, 9.17) is 0 Å². The van der Waals surface area contributed by atoms with Gasteiger partial charge in [0, 0.05) is 19.5 Å². The zero-order valence-electron chi connectivity index (χ0n) is 14.3. The molecule has 0 radical (unpaired) electrons. The molecule has 132 valence electrons. The van der Waals surface area contributed by atoms with Crippen molar-refractivity contribution in [2.24, 2.45) is 5.92 Å². The Bertz CT molecular complexity index is 411. The van der Waals surface area contributed by atoms with E-state index in [1.165, 1.54) is 0 Å². The largest absolute Gasteiger partial charge is 0.480 e. The minimum atomic E-state index is -0.982. The Labute approximate surface area is 138 Å². The van der Waals surface area contributed by atoms with Crippen molar-refractivity contribution in [3.05, 3.63) is 0 Å². The summed E-state index contributed by atoms with van der Waals surface area (Å²) in [7, 11) is 0. The molecule has 6 nitrogen and oxygen atoms in total. The number of hydrogen-bond acceptors (Lipinski definition) is 3. The minimum Gasteiger partial charge on any atom is -0.480 e. The third kappa shape index (κ3) is 6.59. The standard InChI is InChI=1S/C17H30N2O4/c1-3-5-6-10-14(17(22)23)18-16(21)13-9-7-11-19(12-13)15(20)8-4-2/h13-14H,3-12H2,1-2H3,(H,18,21)(H,22,23)/t13-,14-/m0/s1. The number of hydrogen-bond donors (Lipinski definition) is 2. The normalized spacial score (nSPS) is 19.2. The zero-order valence-corrected chi connectivity index (χ0v) is 14.3. The molecule has 6 heteroatoms. The van der Waals surface area contributed by atoms with Gasteiger partial charge in [-0.2, -0.15) is 0 Å². The molecular formula is C17H30N2O4. The minimum absolute atomic E-state index is 0.0859. The summed E-state index contributed by atoms with van der Waals surface area (Å²) in [4.78, 5) is 37.4. The number of amides is 2. The summed E-state index contributed by atoms with van der Waals surface area (Å²) in [5.41, 5.74) is 0. The maximum absolute atomic E-state index is 12.4. The number of rotatable bonds is 9. The van der Waals surface area contributed by atoms with Gasteiger partial charge in [-0.15, -0.1) is 0 Å². The lowest BCUT2D eigenvalue weighted by atomic mass is 9.96. The number of nitrogens with one attached hydrogen (secondary N) is 1. The second-order valence-electron chi connectivity index (χ2n) is 6.32. The van der Waals surface area contributed by atoms with Crippen LogP contribution in [-0.2, 0) is 14.4 Å². The van der Waals surface area contributed by atoms with E-state index < -0.39 is 12.0 Å². The first-order chi connectivity index (χ1) is 11.0. The molecule has 2 amide bonds. The highest BCUT2D eigenvalue weighted by atomic mass is 16.4. The maximum atomic E-state index is 12.4. The molecule has 0 aromatic rings. The van der Waals surface area contributed by atoms with E-state index in [0.717, 1.165) is 32.1 Å². The van der Waals surface area contributed by atoms with Crippen LogP contribution < -0.4 is 5.32 Å². The molecule has 0 spiro atoms. The van der Waals surface area contributed by atoms with Gasteiger partial charge in [-0.1, -0.05) is 33.1 Å². The van der Waals surface area contributed by atoms with Crippen molar-refractivity contribution in [2.45, 2.75) is 71.3 Å². The monoisotopic (exact) mass is 326 g/mol. The Morgan fingerprint density at radius 2 is 1.96 bits per heavy atom. The number of likely N-dealkylation sites (tertiary alicyclic amines) is 1. The molecule has 0 aromatic carbocycles. The molecule has 0 aliphatic carbocycles. The van der Waals surface area contributed by atoms with E-state index in [9.17, 15) is 19.5 Å². The quantitative estimate of drug-likeness (QED) is 0.636. The van der Waals surface area contributed by atoms with Crippen LogP contribution in [0.5, 0.6) is 0 Å². The number of carboxylic acids is 1. The van der Waals surface area contributed by atoms with Gasteiger partial charge in [0.15, 0.2) is 0 Å². The highest BCUT2D eigenvalue weighted by Crippen LogP contribution is 2.18. The molecule has 0 saturated carbocycles. The third-order valence-corrected chi connectivity index (χ3v) is 4.32. The average Bonchev–Trinajstić information content (AvgIpc) is 2.54. The lowest BCUT2D eigenvalue weighted by Gasteiger charge is -2.32. The highest BCUT2D eigenvalue weighted by Gasteiger charge is 2.30. The van der Waals surface area contributed by atoms with Crippen LogP contribution in [0.2, 0.25) is 0 Å². The lowest BCUT2D eigenvalue weighted by molar-refractivity contribution is -0.144. The number of unbranched alkanes of at least 4 members (excludes halogenated alkanes) is 2. The Balaban J connectivity index is 2.53. The van der Waals surface area contributed by atoms with Gasteiger partial charge in [-0.25, -0.2) is 4.79 Å². The van der Waals surface area contributed by atoms with Gasteiger partial charge in [0.25, 0.3) is 0 Å². The van der Waals surface area contributed by atoms with Crippen LogP contribution in [0, 0.1) is 5.92 Å². The number of carbonyl (C=O) groups excluding carboxylic acids is 2. The smallest absolute Gasteiger partial charge is 0.326 e. The molecule has 23 heavy (non-hydrogen) atoms. The Morgan fingerprint density at radius 1 is 1.22 bits per heavy atom. The van der Waals surface area contributed by atoms with Crippen molar-refractivity contribution in [1.29, 1.82) is 0 Å². The summed E-state index contributed by atoms with van der Waals surface area (Å²) in [5, 5.41) is 11.9. The van der Waals surface area contributed by atoms with Crippen molar-refractivity contribution in [2.75, 3.05) is 13.1 Å². The second kappa shape index (κ2) is 10.2. The molecule has 1 aliphatic rings. The fourth-order valence-electron chi connectivity index (χ4n) is 2.94. The van der Waals surface area contributed by atoms with E-state index in [1.807, 2.05) is 6.92 Å². The maximum Gasteiger partial charge on any atom is 0.326 e. The molecule has 1 heterocycles. The summed E-state index contributed by atoms with van der Waals surface area (Å²) in [6.45, 7) is 5.12. The molecule has 1 saturated heterocycles. The van der Waals surface area contributed by atoms with Crippen LogP contribution in [-0.4, -0.2) is 46.9 Å². The summed E-state index contributed by atoms with van der Waals surface area (Å²) in [6.07, 6.45) is 6.03. The van der Waals surface area contributed by atoms with Gasteiger partial charge >= 0.3 is 5.97 Å². The summed E-state index contributed by atoms with van der Waals surface area (Å²) >= 11 is 0. The Hall–Kier alpha value is -1.59. The molecule has 0 aromatic heterocycles. The zero-order chi connectivity index (χ0) is 17.2. The lowest BCUT2D eigenvalue weighted by Crippen LogP contribution is -2.49. The van der Waals surface area contributed by atoms with Crippen molar-refractivity contribution < 1.29 is 19.5 Å². The van der Waals surface area contributed by atoms with Crippen molar-refractivity contribution >= 4 is 17.8 Å². The SMILES string of the molecule is CCCCC[C@H](NC(=O)[C@H]1CCCN(C(=O)CCC)C1)C(=O)O. The third-order valence-electron chi connectivity index (χ3n) is 4.32. The predicted octanol–water partition coefficient (Wildman–Crippen LogP) is 2.17. The van der Waals surface area contributed by atoms with Gasteiger partial charge in [-0.05, 0) is 25.7 Å². The molecule has 1 rings (SSSR count). The fourth-order valence-corrected chi connectivity index (χ4v) is 2.94. The summed E-state index contributed by atoms with van der Waals surface area (Å²) in [5.74, 6) is -1.42. The van der Waals surface area contributed by atoms with Gasteiger partial charge in [-0.3, -0.25) is 9.59 Å². The van der Waals surface area contributed by atoms with E-state index >= 15 is 0 Å². The molecule has 0 unspecified atom stereocenters. The summed E-state index contributed by atoms with van der Waals surface area (Å²) in [6, 6.07) is -0.823.